The summed E-state index contributed by atoms with van der Waals surface area (Å²) in [6.45, 7) is 1.42. The topological polar surface area (TPSA) is 84.9 Å². The second-order valence-corrected chi connectivity index (χ2v) is 7.96. The molecule has 1 saturated heterocycles. The van der Waals surface area contributed by atoms with Crippen molar-refractivity contribution < 1.29 is 22.7 Å². The number of para-hydroxylation sites is 2. The molecule has 1 atom stereocenters. The van der Waals surface area contributed by atoms with Crippen molar-refractivity contribution in [2.24, 2.45) is 0 Å². The molecule has 1 fully saturated rings. The SMILES string of the molecule is O=C(NCCC1COc2ccccc2O1)N1CCS(=O)(=O)CC1. The molecule has 1 unspecified atom stereocenters. The standard InChI is InChI=1S/C15H20N2O5S/c18-15(17-7-9-23(19,20)10-8-17)16-6-5-12-11-21-13-3-1-2-4-14(13)22-12/h1-4,12H,5-11H2,(H,16,18). The third-order valence-electron chi connectivity index (χ3n) is 3.94. The Labute approximate surface area is 135 Å². The van der Waals surface area contributed by atoms with Crippen LogP contribution in [0.3, 0.4) is 0 Å². The van der Waals surface area contributed by atoms with E-state index in [2.05, 4.69) is 5.32 Å². The van der Waals surface area contributed by atoms with Crippen LogP contribution in [-0.4, -0.2) is 63.2 Å². The minimum atomic E-state index is -2.97. The van der Waals surface area contributed by atoms with E-state index in [4.69, 9.17) is 9.47 Å². The average molecular weight is 340 g/mol. The number of nitrogens with zero attached hydrogens (tertiary/aromatic N) is 1. The van der Waals surface area contributed by atoms with Crippen molar-refractivity contribution in [3.63, 3.8) is 0 Å². The van der Waals surface area contributed by atoms with E-state index in [9.17, 15) is 13.2 Å². The summed E-state index contributed by atoms with van der Waals surface area (Å²) in [4.78, 5) is 13.5. The number of carbonyl (C=O) groups excluding carboxylic acids is 1. The van der Waals surface area contributed by atoms with Crippen LogP contribution in [0.5, 0.6) is 11.5 Å². The van der Waals surface area contributed by atoms with Gasteiger partial charge in [-0.15, -0.1) is 0 Å². The van der Waals surface area contributed by atoms with Gasteiger partial charge in [0.05, 0.1) is 11.5 Å². The number of hydrogen-bond acceptors (Lipinski definition) is 5. The summed E-state index contributed by atoms with van der Waals surface area (Å²) < 4.78 is 34.1. The molecule has 1 aromatic rings. The fraction of sp³-hybridized carbons (Fsp3) is 0.533. The Hall–Kier alpha value is -1.96. The Kier molecular flexibility index (Phi) is 4.61. The number of benzene rings is 1. The highest BCUT2D eigenvalue weighted by atomic mass is 32.2. The van der Waals surface area contributed by atoms with Crippen molar-refractivity contribution in [2.45, 2.75) is 12.5 Å². The third-order valence-corrected chi connectivity index (χ3v) is 5.55. The molecule has 2 aliphatic heterocycles. The van der Waals surface area contributed by atoms with Crippen molar-refractivity contribution in [1.82, 2.24) is 10.2 Å². The molecule has 0 aliphatic carbocycles. The van der Waals surface area contributed by atoms with Gasteiger partial charge < -0.3 is 19.7 Å². The average Bonchev–Trinajstić information content (AvgIpc) is 2.54. The quantitative estimate of drug-likeness (QED) is 0.874. The summed E-state index contributed by atoms with van der Waals surface area (Å²) in [6, 6.07) is 7.27. The fourth-order valence-corrected chi connectivity index (χ4v) is 3.77. The fourth-order valence-electron chi connectivity index (χ4n) is 2.57. The molecule has 0 spiro atoms. The monoisotopic (exact) mass is 340 g/mol. The second-order valence-electron chi connectivity index (χ2n) is 5.66. The zero-order valence-corrected chi connectivity index (χ0v) is 13.5. The number of amides is 2. The minimum absolute atomic E-state index is 0.0385. The van der Waals surface area contributed by atoms with Crippen molar-refractivity contribution >= 4 is 15.9 Å². The van der Waals surface area contributed by atoms with Crippen LogP contribution in [0.15, 0.2) is 24.3 Å². The number of fused-ring (bicyclic) bond motifs is 1. The van der Waals surface area contributed by atoms with Crippen LogP contribution in [0.25, 0.3) is 0 Å². The van der Waals surface area contributed by atoms with Crippen molar-refractivity contribution in [2.75, 3.05) is 37.7 Å². The van der Waals surface area contributed by atoms with Crippen molar-refractivity contribution in [3.05, 3.63) is 24.3 Å². The molecule has 2 heterocycles. The molecule has 2 amide bonds. The smallest absolute Gasteiger partial charge is 0.317 e. The van der Waals surface area contributed by atoms with Crippen LogP contribution in [0, 0.1) is 0 Å². The Morgan fingerprint density at radius 1 is 1.22 bits per heavy atom. The van der Waals surface area contributed by atoms with E-state index in [0.717, 1.165) is 11.5 Å². The van der Waals surface area contributed by atoms with Gasteiger partial charge in [-0.1, -0.05) is 12.1 Å². The summed E-state index contributed by atoms with van der Waals surface area (Å²) in [5, 5.41) is 2.81. The highest BCUT2D eigenvalue weighted by molar-refractivity contribution is 7.91. The summed E-state index contributed by atoms with van der Waals surface area (Å²) >= 11 is 0. The second kappa shape index (κ2) is 6.66. The van der Waals surface area contributed by atoms with Gasteiger partial charge >= 0.3 is 6.03 Å². The number of nitrogens with one attached hydrogen (secondary N) is 1. The van der Waals surface area contributed by atoms with Crippen molar-refractivity contribution in [1.29, 1.82) is 0 Å². The first-order chi connectivity index (χ1) is 11.0. The zero-order valence-electron chi connectivity index (χ0n) is 12.7. The van der Waals surface area contributed by atoms with Gasteiger partial charge in [0.1, 0.15) is 12.7 Å². The molecule has 0 saturated carbocycles. The molecule has 126 valence electrons. The first-order valence-electron chi connectivity index (χ1n) is 7.65. The summed E-state index contributed by atoms with van der Waals surface area (Å²) in [5.74, 6) is 1.53. The van der Waals surface area contributed by atoms with E-state index in [1.165, 1.54) is 4.90 Å². The number of rotatable bonds is 3. The third kappa shape index (κ3) is 4.07. The number of ether oxygens (including phenoxy) is 2. The van der Waals surface area contributed by atoms with E-state index >= 15 is 0 Å². The van der Waals surface area contributed by atoms with Gasteiger partial charge in [-0.2, -0.15) is 0 Å². The van der Waals surface area contributed by atoms with Gasteiger partial charge in [-0.3, -0.25) is 0 Å². The van der Waals surface area contributed by atoms with Crippen LogP contribution < -0.4 is 14.8 Å². The Bertz CT molecular complexity index is 662. The zero-order chi connectivity index (χ0) is 16.3. The number of sulfone groups is 1. The predicted octanol–water partition coefficient (Wildman–Crippen LogP) is 0.657. The van der Waals surface area contributed by atoms with Crippen LogP contribution >= 0.6 is 0 Å². The van der Waals surface area contributed by atoms with Crippen molar-refractivity contribution in [3.8, 4) is 11.5 Å². The molecule has 0 bridgehead atoms. The number of hydrogen-bond donors (Lipinski definition) is 1. The van der Waals surface area contributed by atoms with E-state index in [1.54, 1.807) is 0 Å². The van der Waals surface area contributed by atoms with Gasteiger partial charge in [0.25, 0.3) is 0 Å². The Balaban J connectivity index is 1.41. The number of urea groups is 1. The normalized spacial score (nSPS) is 22.4. The molecule has 23 heavy (non-hydrogen) atoms. The molecular formula is C15H20N2O5S. The lowest BCUT2D eigenvalue weighted by atomic mass is 10.2. The minimum Gasteiger partial charge on any atom is -0.486 e. The molecule has 1 aromatic carbocycles. The molecule has 7 nitrogen and oxygen atoms in total. The molecule has 3 rings (SSSR count). The maximum atomic E-state index is 12.0. The van der Waals surface area contributed by atoms with Gasteiger partial charge in [0, 0.05) is 26.1 Å². The summed E-state index contributed by atoms with van der Waals surface area (Å²) in [5.41, 5.74) is 0. The number of carbonyl (C=O) groups is 1. The lowest BCUT2D eigenvalue weighted by molar-refractivity contribution is 0.0849. The Morgan fingerprint density at radius 3 is 2.65 bits per heavy atom. The molecule has 0 radical (unpaired) electrons. The van der Waals surface area contributed by atoms with Crippen LogP contribution in [-0.2, 0) is 9.84 Å². The lowest BCUT2D eigenvalue weighted by Gasteiger charge is -2.28. The van der Waals surface area contributed by atoms with E-state index < -0.39 is 9.84 Å². The van der Waals surface area contributed by atoms with Crippen LogP contribution in [0.4, 0.5) is 4.79 Å². The highest BCUT2D eigenvalue weighted by Gasteiger charge is 2.25. The van der Waals surface area contributed by atoms with E-state index in [0.29, 0.717) is 19.6 Å². The van der Waals surface area contributed by atoms with Gasteiger partial charge in [0.15, 0.2) is 21.3 Å². The highest BCUT2D eigenvalue weighted by Crippen LogP contribution is 2.31. The molecule has 2 aliphatic rings. The molecule has 0 aromatic heterocycles. The van der Waals surface area contributed by atoms with Crippen LogP contribution in [0.2, 0.25) is 0 Å². The predicted molar refractivity (Wildman–Crippen MR) is 84.6 cm³/mol. The summed E-state index contributed by atoms with van der Waals surface area (Å²) in [6.07, 6.45) is 0.526. The van der Waals surface area contributed by atoms with Gasteiger partial charge in [0.2, 0.25) is 0 Å². The molecule has 8 heteroatoms. The van der Waals surface area contributed by atoms with E-state index in [-0.39, 0.29) is 36.7 Å². The summed E-state index contributed by atoms with van der Waals surface area (Å²) in [7, 11) is -2.97. The van der Waals surface area contributed by atoms with Gasteiger partial charge in [-0.05, 0) is 12.1 Å². The maximum absolute atomic E-state index is 12.0. The first-order valence-corrected chi connectivity index (χ1v) is 9.47. The first kappa shape index (κ1) is 15.9. The largest absolute Gasteiger partial charge is 0.486 e. The molecular weight excluding hydrogens is 320 g/mol. The Morgan fingerprint density at radius 2 is 1.91 bits per heavy atom. The lowest BCUT2D eigenvalue weighted by Crippen LogP contribution is -2.48. The molecule has 1 N–H and O–H groups in total. The van der Waals surface area contributed by atoms with E-state index in [1.807, 2.05) is 24.3 Å². The van der Waals surface area contributed by atoms with Gasteiger partial charge in [-0.25, -0.2) is 13.2 Å². The van der Waals surface area contributed by atoms with Crippen LogP contribution in [0.1, 0.15) is 6.42 Å². The maximum Gasteiger partial charge on any atom is 0.317 e.